The van der Waals surface area contributed by atoms with Crippen molar-refractivity contribution in [2.45, 2.75) is 0 Å². The van der Waals surface area contributed by atoms with Gasteiger partial charge in [-0.15, -0.1) is 0 Å². The van der Waals surface area contributed by atoms with Crippen molar-refractivity contribution in [3.63, 3.8) is 0 Å². The summed E-state index contributed by atoms with van der Waals surface area (Å²) < 4.78 is 0. The van der Waals surface area contributed by atoms with Crippen molar-refractivity contribution in [2.24, 2.45) is 0 Å². The molecular weight excluding hydrogens is 673 g/mol. The number of rotatable bonds is 5. The van der Waals surface area contributed by atoms with E-state index in [4.69, 9.17) is 0 Å². The summed E-state index contributed by atoms with van der Waals surface area (Å²) >= 11 is 0. The molecule has 11 aromatic carbocycles. The lowest BCUT2D eigenvalue weighted by Crippen LogP contribution is -1.93. The molecule has 0 aliphatic heterocycles. The number of benzene rings is 11. The average Bonchev–Trinajstić information content (AvgIpc) is 3.27. The Kier molecular flexibility index (Phi) is 7.60. The summed E-state index contributed by atoms with van der Waals surface area (Å²) in [5.74, 6) is 0. The Hall–Kier alpha value is -7.28. The van der Waals surface area contributed by atoms with E-state index in [0.29, 0.717) is 0 Å². The molecule has 0 bridgehead atoms. The van der Waals surface area contributed by atoms with Gasteiger partial charge in [0.15, 0.2) is 0 Å². The predicted molar refractivity (Wildman–Crippen MR) is 241 cm³/mol. The largest absolute Gasteiger partial charge is 0.0616 e. The van der Waals surface area contributed by atoms with Gasteiger partial charge in [0, 0.05) is 0 Å². The maximum absolute atomic E-state index is 2.45. The van der Waals surface area contributed by atoms with E-state index >= 15 is 0 Å². The van der Waals surface area contributed by atoms with Gasteiger partial charge < -0.3 is 0 Å². The van der Waals surface area contributed by atoms with E-state index in [1.54, 1.807) is 0 Å². The van der Waals surface area contributed by atoms with E-state index in [1.165, 1.54) is 109 Å². The zero-order valence-electron chi connectivity index (χ0n) is 30.8. The molecule has 0 saturated carbocycles. The van der Waals surface area contributed by atoms with Crippen LogP contribution in [0.25, 0.3) is 109 Å². The molecule has 0 amide bonds. The highest BCUT2D eigenvalue weighted by Gasteiger charge is 2.19. The fraction of sp³-hybridized carbons (Fsp3) is 0. The standard InChI is InChI=1S/C56H36/c1-4-24-45-37(14-1)17-11-29-48(45)40-20-9-22-43(34-40)55-51-27-7-8-28-52(51)56(44-23-10-21-41(35-44)49-30-12-18-38-15-2-5-25-46(38)49)54-36-42(32-33-53(54)55)50-31-13-19-39-16-3-6-26-47(39)50/h1-36H. The third-order valence-corrected chi connectivity index (χ3v) is 11.6. The van der Waals surface area contributed by atoms with Crippen LogP contribution in [-0.4, -0.2) is 0 Å². The maximum Gasteiger partial charge on any atom is -0.00259 e. The Bertz CT molecular complexity index is 3290. The Morgan fingerprint density at radius 3 is 0.964 bits per heavy atom. The maximum atomic E-state index is 2.45. The summed E-state index contributed by atoms with van der Waals surface area (Å²) in [5.41, 5.74) is 12.3. The Morgan fingerprint density at radius 2 is 0.500 bits per heavy atom. The Labute approximate surface area is 326 Å². The van der Waals surface area contributed by atoms with E-state index in [1.807, 2.05) is 0 Å². The molecule has 0 saturated heterocycles. The van der Waals surface area contributed by atoms with Crippen molar-refractivity contribution in [1.82, 2.24) is 0 Å². The van der Waals surface area contributed by atoms with Gasteiger partial charge in [-0.05, 0) is 128 Å². The molecule has 0 aliphatic carbocycles. The quantitative estimate of drug-likeness (QED) is 0.156. The van der Waals surface area contributed by atoms with Gasteiger partial charge >= 0.3 is 0 Å². The van der Waals surface area contributed by atoms with Gasteiger partial charge in [-0.2, -0.15) is 0 Å². The van der Waals surface area contributed by atoms with E-state index < -0.39 is 0 Å². The molecule has 11 aromatic rings. The van der Waals surface area contributed by atoms with E-state index in [2.05, 4.69) is 218 Å². The average molecular weight is 709 g/mol. The topological polar surface area (TPSA) is 0 Å². The van der Waals surface area contributed by atoms with Crippen molar-refractivity contribution in [2.75, 3.05) is 0 Å². The van der Waals surface area contributed by atoms with Crippen molar-refractivity contribution < 1.29 is 0 Å². The third kappa shape index (κ3) is 5.30. The minimum atomic E-state index is 1.21. The van der Waals surface area contributed by atoms with Crippen LogP contribution in [0.4, 0.5) is 0 Å². The molecule has 0 atom stereocenters. The van der Waals surface area contributed by atoms with Gasteiger partial charge in [-0.1, -0.05) is 200 Å². The molecule has 11 rings (SSSR count). The molecule has 0 radical (unpaired) electrons. The van der Waals surface area contributed by atoms with Gasteiger partial charge in [-0.25, -0.2) is 0 Å². The summed E-state index contributed by atoms with van der Waals surface area (Å²) in [4.78, 5) is 0. The predicted octanol–water partition coefficient (Wildman–Crippen LogP) is 15.8. The van der Waals surface area contributed by atoms with E-state index in [-0.39, 0.29) is 0 Å². The summed E-state index contributed by atoms with van der Waals surface area (Å²) in [5, 5.41) is 12.5. The minimum absolute atomic E-state index is 1.21. The molecule has 260 valence electrons. The second kappa shape index (κ2) is 13.2. The monoisotopic (exact) mass is 708 g/mol. The van der Waals surface area contributed by atoms with Gasteiger partial charge in [-0.3, -0.25) is 0 Å². The van der Waals surface area contributed by atoms with Gasteiger partial charge in [0.2, 0.25) is 0 Å². The lowest BCUT2D eigenvalue weighted by molar-refractivity contribution is 1.62. The van der Waals surface area contributed by atoms with Crippen molar-refractivity contribution in [3.8, 4) is 55.6 Å². The van der Waals surface area contributed by atoms with Crippen LogP contribution in [0.2, 0.25) is 0 Å². The molecule has 56 heavy (non-hydrogen) atoms. The third-order valence-electron chi connectivity index (χ3n) is 11.6. The number of fused-ring (bicyclic) bond motifs is 5. The lowest BCUT2D eigenvalue weighted by Gasteiger charge is -2.20. The molecule has 0 unspecified atom stereocenters. The molecular formula is C56H36. The van der Waals surface area contributed by atoms with Crippen LogP contribution in [-0.2, 0) is 0 Å². The van der Waals surface area contributed by atoms with Crippen molar-refractivity contribution in [3.05, 3.63) is 218 Å². The highest BCUT2D eigenvalue weighted by Crippen LogP contribution is 2.47. The highest BCUT2D eigenvalue weighted by atomic mass is 14.2. The number of hydrogen-bond acceptors (Lipinski definition) is 0. The molecule has 0 spiro atoms. The second-order valence-corrected chi connectivity index (χ2v) is 14.8. The molecule has 0 N–H and O–H groups in total. The lowest BCUT2D eigenvalue weighted by atomic mass is 9.83. The molecule has 0 aliphatic rings. The van der Waals surface area contributed by atoms with Crippen molar-refractivity contribution >= 4 is 53.9 Å². The van der Waals surface area contributed by atoms with Crippen LogP contribution in [0, 0.1) is 0 Å². The van der Waals surface area contributed by atoms with Crippen LogP contribution >= 0.6 is 0 Å². The molecule has 0 aromatic heterocycles. The van der Waals surface area contributed by atoms with E-state index in [0.717, 1.165) is 0 Å². The zero-order chi connectivity index (χ0) is 37.0. The van der Waals surface area contributed by atoms with Crippen LogP contribution in [0.3, 0.4) is 0 Å². The fourth-order valence-corrected chi connectivity index (χ4v) is 9.08. The smallest absolute Gasteiger partial charge is 0.00259 e. The van der Waals surface area contributed by atoms with Gasteiger partial charge in [0.25, 0.3) is 0 Å². The van der Waals surface area contributed by atoms with Crippen molar-refractivity contribution in [1.29, 1.82) is 0 Å². The van der Waals surface area contributed by atoms with Crippen LogP contribution in [0.5, 0.6) is 0 Å². The molecule has 0 heteroatoms. The summed E-state index contributed by atoms with van der Waals surface area (Å²) in [6.45, 7) is 0. The first-order valence-corrected chi connectivity index (χ1v) is 19.4. The first-order valence-electron chi connectivity index (χ1n) is 19.4. The zero-order valence-corrected chi connectivity index (χ0v) is 30.8. The minimum Gasteiger partial charge on any atom is -0.0616 e. The van der Waals surface area contributed by atoms with Gasteiger partial charge in [0.05, 0.1) is 0 Å². The fourth-order valence-electron chi connectivity index (χ4n) is 9.08. The van der Waals surface area contributed by atoms with Crippen LogP contribution in [0.1, 0.15) is 0 Å². The Balaban J connectivity index is 1.20. The van der Waals surface area contributed by atoms with Crippen LogP contribution < -0.4 is 0 Å². The van der Waals surface area contributed by atoms with Crippen LogP contribution in [0.15, 0.2) is 218 Å². The summed E-state index contributed by atoms with van der Waals surface area (Å²) in [6.07, 6.45) is 0. The molecule has 0 heterocycles. The highest BCUT2D eigenvalue weighted by molar-refractivity contribution is 6.22. The normalized spacial score (nSPS) is 11.6. The van der Waals surface area contributed by atoms with E-state index in [9.17, 15) is 0 Å². The van der Waals surface area contributed by atoms with Gasteiger partial charge in [0.1, 0.15) is 0 Å². The second-order valence-electron chi connectivity index (χ2n) is 14.8. The molecule has 0 nitrogen and oxygen atoms in total. The summed E-state index contributed by atoms with van der Waals surface area (Å²) in [6, 6.07) is 80.5. The first-order chi connectivity index (χ1) is 27.8. The summed E-state index contributed by atoms with van der Waals surface area (Å²) in [7, 11) is 0. The Morgan fingerprint density at radius 1 is 0.179 bits per heavy atom. The number of hydrogen-bond donors (Lipinski definition) is 0. The SMILES string of the molecule is c1cc(-c2cccc3ccccc23)cc(-c2c3ccccc3c(-c3cccc(-c4cccc5ccccc45)c3)c3cc(-c4cccc5ccccc45)ccc23)c1. The molecule has 0 fully saturated rings. The first kappa shape index (κ1) is 32.2.